The minimum Gasteiger partial charge on any atom is -0.434 e. The van der Waals surface area contributed by atoms with Crippen molar-refractivity contribution in [2.75, 3.05) is 26.2 Å². The predicted molar refractivity (Wildman–Crippen MR) is 91.8 cm³/mol. The Balaban J connectivity index is 0.00000288. The highest BCUT2D eigenvalue weighted by atomic mass is 35.5. The van der Waals surface area contributed by atoms with E-state index in [0.29, 0.717) is 6.61 Å². The van der Waals surface area contributed by atoms with E-state index in [1.165, 1.54) is 49.9 Å². The number of halogens is 1. The van der Waals surface area contributed by atoms with E-state index in [1.54, 1.807) is 0 Å². The number of hydrogen-bond acceptors (Lipinski definition) is 6. The Morgan fingerprint density at radius 1 is 1.12 bits per heavy atom. The van der Waals surface area contributed by atoms with Gasteiger partial charge in [0.15, 0.2) is 0 Å². The molecule has 0 saturated carbocycles. The third-order valence-corrected chi connectivity index (χ3v) is 3.79. The van der Waals surface area contributed by atoms with Crippen LogP contribution in [0.15, 0.2) is 24.3 Å². The van der Waals surface area contributed by atoms with Gasteiger partial charge in [-0.15, -0.1) is 12.4 Å². The van der Waals surface area contributed by atoms with Crippen molar-refractivity contribution in [3.8, 4) is 5.75 Å². The van der Waals surface area contributed by atoms with Crippen LogP contribution in [0.4, 0.5) is 10.5 Å². The van der Waals surface area contributed by atoms with E-state index < -0.39 is 11.1 Å². The highest BCUT2D eigenvalue weighted by Crippen LogP contribution is 2.17. The molecule has 0 aliphatic carbocycles. The van der Waals surface area contributed by atoms with E-state index in [2.05, 4.69) is 4.90 Å². The number of hydrogen-bond donors (Lipinski definition) is 0. The Hall–Kier alpha value is -1.86. The number of carbonyl (C=O) groups excluding carboxylic acids is 1. The summed E-state index contributed by atoms with van der Waals surface area (Å²) in [5.41, 5.74) is -0.0526. The normalized spacial score (nSPS) is 15.0. The molecule has 0 N–H and O–H groups in total. The van der Waals surface area contributed by atoms with Gasteiger partial charge in [0, 0.05) is 18.7 Å². The first kappa shape index (κ1) is 20.2. The van der Waals surface area contributed by atoms with Crippen molar-refractivity contribution in [3.05, 3.63) is 34.4 Å². The molecule has 1 heterocycles. The molecule has 8 heteroatoms. The van der Waals surface area contributed by atoms with Crippen LogP contribution in [0.1, 0.15) is 32.1 Å². The van der Waals surface area contributed by atoms with Crippen LogP contribution in [-0.4, -0.2) is 42.2 Å². The fraction of sp³-hybridized carbons (Fsp3) is 0.562. The number of nitrogens with zero attached hydrogens (tertiary/aromatic N) is 2. The molecule has 2 rings (SSSR count). The molecule has 0 bridgehead atoms. The summed E-state index contributed by atoms with van der Waals surface area (Å²) in [6.07, 6.45) is 5.07. The maximum atomic E-state index is 11.5. The molecule has 0 amide bonds. The zero-order valence-corrected chi connectivity index (χ0v) is 14.3. The third kappa shape index (κ3) is 7.14. The van der Waals surface area contributed by atoms with Gasteiger partial charge in [0.1, 0.15) is 5.75 Å². The molecule has 24 heavy (non-hydrogen) atoms. The van der Waals surface area contributed by atoms with Crippen molar-refractivity contribution in [3.63, 3.8) is 0 Å². The zero-order chi connectivity index (χ0) is 16.5. The summed E-state index contributed by atoms with van der Waals surface area (Å²) in [6, 6.07) is 5.30. The summed E-state index contributed by atoms with van der Waals surface area (Å²) >= 11 is 0. The van der Waals surface area contributed by atoms with Gasteiger partial charge in [-0.1, -0.05) is 12.8 Å². The van der Waals surface area contributed by atoms with E-state index in [1.807, 2.05) is 0 Å². The summed E-state index contributed by atoms with van der Waals surface area (Å²) in [4.78, 5) is 24.0. The second-order valence-electron chi connectivity index (χ2n) is 5.56. The summed E-state index contributed by atoms with van der Waals surface area (Å²) in [6.45, 7) is 3.47. The second kappa shape index (κ2) is 10.8. The standard InChI is InChI=1S/C16H22N2O5.ClH/c19-16(23-15-8-6-14(7-9-15)18(20)21)22-13-5-12-17-10-3-1-2-4-11-17;/h6-9H,1-5,10-13H2;1H. The Kier molecular flexibility index (Phi) is 9.11. The van der Waals surface area contributed by atoms with Gasteiger partial charge >= 0.3 is 6.16 Å². The van der Waals surface area contributed by atoms with Crippen LogP contribution in [0, 0.1) is 10.1 Å². The van der Waals surface area contributed by atoms with Gasteiger partial charge in [-0.3, -0.25) is 10.1 Å². The topological polar surface area (TPSA) is 81.9 Å². The number of likely N-dealkylation sites (tertiary alicyclic amines) is 1. The molecule has 1 saturated heterocycles. The lowest BCUT2D eigenvalue weighted by Crippen LogP contribution is -2.27. The summed E-state index contributed by atoms with van der Waals surface area (Å²) in [7, 11) is 0. The van der Waals surface area contributed by atoms with Crippen LogP contribution in [-0.2, 0) is 4.74 Å². The van der Waals surface area contributed by atoms with E-state index >= 15 is 0 Å². The minimum atomic E-state index is -0.783. The highest BCUT2D eigenvalue weighted by Gasteiger charge is 2.11. The molecule has 7 nitrogen and oxygen atoms in total. The van der Waals surface area contributed by atoms with E-state index in [-0.39, 0.29) is 23.8 Å². The molecule has 1 aromatic carbocycles. The quantitative estimate of drug-likeness (QED) is 0.253. The molecule has 1 aromatic rings. The van der Waals surface area contributed by atoms with Crippen molar-refractivity contribution in [2.24, 2.45) is 0 Å². The van der Waals surface area contributed by atoms with Gasteiger partial charge in [0.2, 0.25) is 0 Å². The first-order valence-electron chi connectivity index (χ1n) is 7.96. The Morgan fingerprint density at radius 3 is 2.33 bits per heavy atom. The number of non-ortho nitro benzene ring substituents is 1. The van der Waals surface area contributed by atoms with Crippen molar-refractivity contribution in [1.82, 2.24) is 4.90 Å². The first-order valence-corrected chi connectivity index (χ1v) is 7.96. The van der Waals surface area contributed by atoms with Crippen LogP contribution in [0.2, 0.25) is 0 Å². The number of nitro groups is 1. The first-order chi connectivity index (χ1) is 11.1. The molecule has 1 aliphatic heterocycles. The van der Waals surface area contributed by atoms with Crippen molar-refractivity contribution < 1.29 is 19.2 Å². The van der Waals surface area contributed by atoms with Gasteiger partial charge < -0.3 is 14.4 Å². The molecule has 1 aliphatic rings. The van der Waals surface area contributed by atoms with Crippen LogP contribution in [0.3, 0.4) is 0 Å². The fourth-order valence-corrected chi connectivity index (χ4v) is 2.57. The second-order valence-corrected chi connectivity index (χ2v) is 5.56. The van der Waals surface area contributed by atoms with Crippen LogP contribution >= 0.6 is 12.4 Å². The molecule has 0 spiro atoms. The number of nitro benzene ring substituents is 1. The predicted octanol–water partition coefficient (Wildman–Crippen LogP) is 3.80. The average molecular weight is 359 g/mol. The summed E-state index contributed by atoms with van der Waals surface area (Å²) in [5.74, 6) is 0.230. The molecular weight excluding hydrogens is 336 g/mol. The van der Waals surface area contributed by atoms with Crippen LogP contribution in [0.25, 0.3) is 0 Å². The molecule has 0 atom stereocenters. The zero-order valence-electron chi connectivity index (χ0n) is 13.5. The number of ether oxygens (including phenoxy) is 2. The molecular formula is C16H23ClN2O5. The van der Waals surface area contributed by atoms with Gasteiger partial charge in [-0.25, -0.2) is 4.79 Å². The Bertz CT molecular complexity index is 516. The van der Waals surface area contributed by atoms with Crippen LogP contribution in [0.5, 0.6) is 5.75 Å². The van der Waals surface area contributed by atoms with Gasteiger partial charge in [0.05, 0.1) is 11.5 Å². The minimum absolute atomic E-state index is 0. The van der Waals surface area contributed by atoms with Gasteiger partial charge in [0.25, 0.3) is 5.69 Å². The van der Waals surface area contributed by atoms with Crippen molar-refractivity contribution >= 4 is 24.2 Å². The molecule has 134 valence electrons. The van der Waals surface area contributed by atoms with Crippen LogP contribution < -0.4 is 4.74 Å². The molecule has 0 unspecified atom stereocenters. The maximum Gasteiger partial charge on any atom is 0.513 e. The SMILES string of the molecule is Cl.O=C(OCCCN1CCCCCC1)Oc1ccc([N+](=O)[O-])cc1. The van der Waals surface area contributed by atoms with Gasteiger partial charge in [-0.2, -0.15) is 0 Å². The number of rotatable bonds is 6. The smallest absolute Gasteiger partial charge is 0.434 e. The Morgan fingerprint density at radius 2 is 1.75 bits per heavy atom. The highest BCUT2D eigenvalue weighted by molar-refractivity contribution is 5.85. The third-order valence-electron chi connectivity index (χ3n) is 3.79. The largest absolute Gasteiger partial charge is 0.513 e. The lowest BCUT2D eigenvalue weighted by molar-refractivity contribution is -0.384. The molecule has 0 aromatic heterocycles. The van der Waals surface area contributed by atoms with Crippen molar-refractivity contribution in [1.29, 1.82) is 0 Å². The number of benzene rings is 1. The average Bonchev–Trinajstić information content (AvgIpc) is 2.81. The fourth-order valence-electron chi connectivity index (χ4n) is 2.57. The monoisotopic (exact) mass is 358 g/mol. The van der Waals surface area contributed by atoms with Gasteiger partial charge in [-0.05, 0) is 44.5 Å². The lowest BCUT2D eigenvalue weighted by atomic mass is 10.2. The number of carbonyl (C=O) groups is 1. The van der Waals surface area contributed by atoms with E-state index in [0.717, 1.165) is 26.1 Å². The molecule has 1 fully saturated rings. The Labute approximate surface area is 147 Å². The lowest BCUT2D eigenvalue weighted by Gasteiger charge is -2.19. The van der Waals surface area contributed by atoms with Crippen molar-refractivity contribution in [2.45, 2.75) is 32.1 Å². The maximum absolute atomic E-state index is 11.5. The summed E-state index contributed by atoms with van der Waals surface area (Å²) < 4.78 is 9.99. The van der Waals surface area contributed by atoms with E-state index in [9.17, 15) is 14.9 Å². The summed E-state index contributed by atoms with van der Waals surface area (Å²) in [5, 5.41) is 10.5. The van der Waals surface area contributed by atoms with E-state index in [4.69, 9.17) is 9.47 Å². The molecule has 0 radical (unpaired) electrons.